The molecule has 7 heteroatoms. The predicted molar refractivity (Wildman–Crippen MR) is 93.5 cm³/mol. The Hall–Kier alpha value is -1.63. The first-order valence-corrected chi connectivity index (χ1v) is 8.79. The molecule has 0 saturated carbocycles. The summed E-state index contributed by atoms with van der Waals surface area (Å²) in [4.78, 5) is 7.77. The number of hydrogen-bond acceptors (Lipinski definition) is 5. The summed E-state index contributed by atoms with van der Waals surface area (Å²) in [5.41, 5.74) is 1.96. The summed E-state index contributed by atoms with van der Waals surface area (Å²) in [7, 11) is 2.08. The minimum Gasteiger partial charge on any atom is -0.381 e. The number of benzene rings is 1. The van der Waals surface area contributed by atoms with Crippen LogP contribution in [0.15, 0.2) is 30.5 Å². The molecule has 23 heavy (non-hydrogen) atoms. The Bertz CT molecular complexity index is 776. The van der Waals surface area contributed by atoms with Gasteiger partial charge in [-0.15, -0.1) is 5.10 Å². The van der Waals surface area contributed by atoms with E-state index in [-0.39, 0.29) is 0 Å². The first-order chi connectivity index (χ1) is 11.2. The van der Waals surface area contributed by atoms with Gasteiger partial charge >= 0.3 is 0 Å². The van der Waals surface area contributed by atoms with Gasteiger partial charge in [-0.25, -0.2) is 9.50 Å². The third-order valence-corrected chi connectivity index (χ3v) is 5.34. The molecule has 1 unspecified atom stereocenters. The lowest BCUT2D eigenvalue weighted by Gasteiger charge is -2.18. The second-order valence-corrected chi connectivity index (χ2v) is 7.23. The third kappa shape index (κ3) is 3.06. The van der Waals surface area contributed by atoms with E-state index in [0.717, 1.165) is 52.6 Å². The number of hydrogen-bond donors (Lipinski definition) is 0. The molecule has 1 aliphatic heterocycles. The van der Waals surface area contributed by atoms with E-state index in [1.54, 1.807) is 11.3 Å². The van der Waals surface area contributed by atoms with E-state index in [2.05, 4.69) is 22.0 Å². The molecule has 5 nitrogen and oxygen atoms in total. The maximum absolute atomic E-state index is 5.93. The lowest BCUT2D eigenvalue weighted by Crippen LogP contribution is -2.25. The highest BCUT2D eigenvalue weighted by atomic mass is 35.5. The van der Waals surface area contributed by atoms with Crippen LogP contribution in [0.1, 0.15) is 6.42 Å². The summed E-state index contributed by atoms with van der Waals surface area (Å²) in [6.45, 7) is 2.71. The number of fused-ring (bicyclic) bond motifs is 1. The molecule has 0 spiro atoms. The van der Waals surface area contributed by atoms with Crippen LogP contribution in [0.25, 0.3) is 16.2 Å². The summed E-state index contributed by atoms with van der Waals surface area (Å²) in [6, 6.07) is 7.70. The van der Waals surface area contributed by atoms with Crippen molar-refractivity contribution < 1.29 is 4.74 Å². The summed E-state index contributed by atoms with van der Waals surface area (Å²) >= 11 is 7.54. The molecule has 1 aromatic carbocycles. The molecule has 3 heterocycles. The Kier molecular flexibility index (Phi) is 3.97. The van der Waals surface area contributed by atoms with Crippen LogP contribution in [0.5, 0.6) is 0 Å². The Balaban J connectivity index is 1.55. The van der Waals surface area contributed by atoms with Gasteiger partial charge in [-0.1, -0.05) is 35.1 Å². The Morgan fingerprint density at radius 1 is 1.39 bits per heavy atom. The van der Waals surface area contributed by atoms with E-state index in [9.17, 15) is 0 Å². The molecule has 0 amide bonds. The van der Waals surface area contributed by atoms with E-state index >= 15 is 0 Å². The number of nitrogens with zero attached hydrogens (tertiary/aromatic N) is 4. The van der Waals surface area contributed by atoms with E-state index in [4.69, 9.17) is 16.3 Å². The Labute approximate surface area is 143 Å². The molecule has 3 aromatic rings. The van der Waals surface area contributed by atoms with E-state index < -0.39 is 0 Å². The molecule has 0 N–H and O–H groups in total. The van der Waals surface area contributed by atoms with Crippen molar-refractivity contribution in [3.63, 3.8) is 0 Å². The van der Waals surface area contributed by atoms with Crippen LogP contribution >= 0.6 is 22.9 Å². The van der Waals surface area contributed by atoms with Gasteiger partial charge in [0.1, 0.15) is 0 Å². The monoisotopic (exact) mass is 348 g/mol. The number of imidazole rings is 1. The van der Waals surface area contributed by atoms with Crippen molar-refractivity contribution in [2.75, 3.05) is 31.7 Å². The van der Waals surface area contributed by atoms with Gasteiger partial charge in [0.15, 0.2) is 0 Å². The molecule has 1 saturated heterocycles. The molecule has 4 rings (SSSR count). The lowest BCUT2D eigenvalue weighted by atomic mass is 10.1. The zero-order valence-electron chi connectivity index (χ0n) is 12.8. The van der Waals surface area contributed by atoms with Crippen molar-refractivity contribution in [3.8, 4) is 11.3 Å². The number of aromatic nitrogens is 3. The van der Waals surface area contributed by atoms with Crippen molar-refractivity contribution in [2.24, 2.45) is 5.92 Å². The molecule has 0 aliphatic carbocycles. The van der Waals surface area contributed by atoms with Gasteiger partial charge in [0.2, 0.25) is 10.1 Å². The zero-order chi connectivity index (χ0) is 15.8. The minimum absolute atomic E-state index is 0.598. The van der Waals surface area contributed by atoms with Crippen LogP contribution < -0.4 is 4.90 Å². The maximum atomic E-state index is 5.93. The fraction of sp³-hybridized carbons (Fsp3) is 0.375. The van der Waals surface area contributed by atoms with E-state index in [0.29, 0.717) is 5.92 Å². The molecular formula is C16H17ClN4OS. The average molecular weight is 349 g/mol. The molecule has 0 bridgehead atoms. The summed E-state index contributed by atoms with van der Waals surface area (Å²) in [5, 5.41) is 6.37. The zero-order valence-corrected chi connectivity index (χ0v) is 14.3. The van der Waals surface area contributed by atoms with Crippen LogP contribution in [0.2, 0.25) is 5.02 Å². The van der Waals surface area contributed by atoms with Gasteiger partial charge < -0.3 is 9.64 Å². The lowest BCUT2D eigenvalue weighted by molar-refractivity contribution is 0.186. The van der Waals surface area contributed by atoms with Crippen LogP contribution in [-0.2, 0) is 4.74 Å². The standard InChI is InChI=1S/C16H17ClN4OS/c1-20(8-11-6-7-22-10-11)16-19-21-9-14(18-15(21)23-16)12-2-4-13(17)5-3-12/h2-5,9,11H,6-8,10H2,1H3. The Morgan fingerprint density at radius 2 is 2.22 bits per heavy atom. The molecule has 0 radical (unpaired) electrons. The number of ether oxygens (including phenoxy) is 1. The van der Waals surface area contributed by atoms with Crippen LogP contribution in [0.3, 0.4) is 0 Å². The van der Waals surface area contributed by atoms with Crippen LogP contribution in [0, 0.1) is 5.92 Å². The van der Waals surface area contributed by atoms with Gasteiger partial charge in [-0.2, -0.15) is 0 Å². The fourth-order valence-electron chi connectivity index (χ4n) is 2.80. The van der Waals surface area contributed by atoms with Crippen molar-refractivity contribution in [1.29, 1.82) is 0 Å². The van der Waals surface area contributed by atoms with Gasteiger partial charge in [0, 0.05) is 36.7 Å². The predicted octanol–water partition coefficient (Wildman–Crippen LogP) is 3.58. The topological polar surface area (TPSA) is 42.7 Å². The molecule has 1 fully saturated rings. The van der Waals surface area contributed by atoms with Crippen molar-refractivity contribution >= 4 is 33.0 Å². The number of rotatable bonds is 4. The summed E-state index contributed by atoms with van der Waals surface area (Å²) in [6.07, 6.45) is 3.10. The second kappa shape index (κ2) is 6.11. The highest BCUT2D eigenvalue weighted by Crippen LogP contribution is 2.27. The fourth-order valence-corrected chi connectivity index (χ4v) is 3.78. The smallest absolute Gasteiger partial charge is 0.214 e. The largest absolute Gasteiger partial charge is 0.381 e. The quantitative estimate of drug-likeness (QED) is 0.722. The first-order valence-electron chi connectivity index (χ1n) is 7.60. The van der Waals surface area contributed by atoms with Crippen molar-refractivity contribution in [2.45, 2.75) is 6.42 Å². The van der Waals surface area contributed by atoms with Crippen molar-refractivity contribution in [1.82, 2.24) is 14.6 Å². The van der Waals surface area contributed by atoms with Crippen molar-refractivity contribution in [3.05, 3.63) is 35.5 Å². The second-order valence-electron chi connectivity index (χ2n) is 5.85. The molecule has 1 atom stereocenters. The summed E-state index contributed by atoms with van der Waals surface area (Å²) in [5.74, 6) is 0.598. The minimum atomic E-state index is 0.598. The maximum Gasteiger partial charge on any atom is 0.214 e. The number of anilines is 1. The summed E-state index contributed by atoms with van der Waals surface area (Å²) < 4.78 is 7.29. The number of halogens is 1. The van der Waals surface area contributed by atoms with Gasteiger partial charge in [0.05, 0.1) is 18.5 Å². The van der Waals surface area contributed by atoms with Gasteiger partial charge in [-0.05, 0) is 18.6 Å². The highest BCUT2D eigenvalue weighted by molar-refractivity contribution is 7.20. The SMILES string of the molecule is CN(CC1CCOC1)c1nn2cc(-c3ccc(Cl)cc3)nc2s1. The van der Waals surface area contributed by atoms with Crippen LogP contribution in [0.4, 0.5) is 5.13 Å². The first kappa shape index (κ1) is 14.9. The highest BCUT2D eigenvalue weighted by Gasteiger charge is 2.20. The average Bonchev–Trinajstić information content (AvgIpc) is 3.23. The van der Waals surface area contributed by atoms with E-state index in [1.165, 1.54) is 0 Å². The normalized spacial score (nSPS) is 17.9. The van der Waals surface area contributed by atoms with Gasteiger partial charge in [-0.3, -0.25) is 0 Å². The molecule has 2 aromatic heterocycles. The van der Waals surface area contributed by atoms with E-state index in [1.807, 2.05) is 35.0 Å². The molecule has 120 valence electrons. The molecule has 1 aliphatic rings. The van der Waals surface area contributed by atoms with Gasteiger partial charge in [0.25, 0.3) is 0 Å². The Morgan fingerprint density at radius 3 is 2.91 bits per heavy atom. The molecular weight excluding hydrogens is 332 g/mol. The third-order valence-electron chi connectivity index (χ3n) is 4.06. The van der Waals surface area contributed by atoms with Crippen LogP contribution in [-0.4, -0.2) is 41.4 Å².